The van der Waals surface area contributed by atoms with E-state index in [0.717, 1.165) is 42.4 Å². The number of anilines is 2. The summed E-state index contributed by atoms with van der Waals surface area (Å²) in [7, 11) is 0. The van der Waals surface area contributed by atoms with Gasteiger partial charge in [-0.05, 0) is 51.4 Å². The Kier molecular flexibility index (Phi) is 5.07. The second-order valence-corrected chi connectivity index (χ2v) is 8.17. The second-order valence-electron chi connectivity index (χ2n) is 8.17. The van der Waals surface area contributed by atoms with E-state index in [-0.39, 0.29) is 11.8 Å². The van der Waals surface area contributed by atoms with Gasteiger partial charge in [-0.25, -0.2) is 9.37 Å². The molecule has 2 atom stereocenters. The smallest absolute Gasteiger partial charge is 0.229 e. The number of hydrogen-bond donors (Lipinski definition) is 2. The molecule has 0 amide bonds. The summed E-state index contributed by atoms with van der Waals surface area (Å²) in [6, 6.07) is 10.1. The summed E-state index contributed by atoms with van der Waals surface area (Å²) in [6.07, 6.45) is 6.87. The lowest BCUT2D eigenvalue weighted by Crippen LogP contribution is -2.36. The molecule has 0 saturated carbocycles. The fraction of sp³-hybridized carbons (Fsp3) is 0.304. The highest BCUT2D eigenvalue weighted by atomic mass is 19.1. The topological polar surface area (TPSA) is 96.4 Å². The Bertz CT molecular complexity index is 1330. The van der Waals surface area contributed by atoms with E-state index in [1.54, 1.807) is 29.0 Å². The van der Waals surface area contributed by atoms with Crippen LogP contribution in [0, 0.1) is 24.1 Å². The molecule has 162 valence electrons. The Morgan fingerprint density at radius 3 is 3.00 bits per heavy atom. The first-order valence-corrected chi connectivity index (χ1v) is 10.6. The summed E-state index contributed by atoms with van der Waals surface area (Å²) in [4.78, 5) is 8.55. The normalized spacial score (nSPS) is 18.6. The molecule has 4 heterocycles. The molecule has 1 aliphatic heterocycles. The number of aryl methyl sites for hydroxylation is 1. The molecule has 8 nitrogen and oxygen atoms in total. The van der Waals surface area contributed by atoms with E-state index in [2.05, 4.69) is 38.7 Å². The van der Waals surface area contributed by atoms with Crippen LogP contribution in [0.15, 0.2) is 42.9 Å². The highest BCUT2D eigenvalue weighted by Crippen LogP contribution is 2.27. The SMILES string of the molecule is Cc1nn(C2CCNC(C)C2)cc1Nc1ncc(F)c(-n2ccc3c(C#N)cccc32)n1. The van der Waals surface area contributed by atoms with Crippen molar-refractivity contribution in [2.45, 2.75) is 38.8 Å². The number of hydrogen-bond acceptors (Lipinski definition) is 6. The van der Waals surface area contributed by atoms with Crippen molar-refractivity contribution >= 4 is 22.5 Å². The van der Waals surface area contributed by atoms with Crippen LogP contribution in [0.2, 0.25) is 0 Å². The number of fused-ring (bicyclic) bond motifs is 1. The third-order valence-corrected chi connectivity index (χ3v) is 5.94. The maximum absolute atomic E-state index is 14.7. The summed E-state index contributed by atoms with van der Waals surface area (Å²) in [6.45, 7) is 5.08. The molecule has 1 aliphatic rings. The highest BCUT2D eigenvalue weighted by Gasteiger charge is 2.22. The van der Waals surface area contributed by atoms with Crippen molar-refractivity contribution in [3.8, 4) is 11.9 Å². The molecule has 3 aromatic heterocycles. The van der Waals surface area contributed by atoms with Crippen LogP contribution in [0.1, 0.15) is 37.1 Å². The zero-order chi connectivity index (χ0) is 22.2. The maximum atomic E-state index is 14.7. The third-order valence-electron chi connectivity index (χ3n) is 5.94. The Balaban J connectivity index is 1.46. The Labute approximate surface area is 184 Å². The molecule has 0 aliphatic carbocycles. The van der Waals surface area contributed by atoms with Crippen LogP contribution in [0.3, 0.4) is 0 Å². The van der Waals surface area contributed by atoms with E-state index in [1.807, 2.05) is 23.9 Å². The van der Waals surface area contributed by atoms with Crippen LogP contribution < -0.4 is 10.6 Å². The van der Waals surface area contributed by atoms with Gasteiger partial charge < -0.3 is 10.6 Å². The van der Waals surface area contributed by atoms with Crippen LogP contribution in [-0.2, 0) is 0 Å². The maximum Gasteiger partial charge on any atom is 0.229 e. The van der Waals surface area contributed by atoms with Gasteiger partial charge in [0.15, 0.2) is 11.6 Å². The molecule has 32 heavy (non-hydrogen) atoms. The number of piperidine rings is 1. The summed E-state index contributed by atoms with van der Waals surface area (Å²) < 4.78 is 18.3. The fourth-order valence-electron chi connectivity index (χ4n) is 4.29. The highest BCUT2D eigenvalue weighted by molar-refractivity contribution is 5.87. The summed E-state index contributed by atoms with van der Waals surface area (Å²) >= 11 is 0. The lowest BCUT2D eigenvalue weighted by atomic mass is 10.0. The average Bonchev–Trinajstić information content (AvgIpc) is 3.39. The number of nitrogens with zero attached hydrogens (tertiary/aromatic N) is 6. The van der Waals surface area contributed by atoms with E-state index >= 15 is 0 Å². The zero-order valence-corrected chi connectivity index (χ0v) is 17.9. The van der Waals surface area contributed by atoms with Gasteiger partial charge in [0.1, 0.15) is 0 Å². The minimum Gasteiger partial charge on any atom is -0.321 e. The van der Waals surface area contributed by atoms with E-state index in [1.165, 1.54) is 0 Å². The van der Waals surface area contributed by atoms with Gasteiger partial charge in [0, 0.05) is 23.8 Å². The number of nitrogens with one attached hydrogen (secondary N) is 2. The van der Waals surface area contributed by atoms with E-state index < -0.39 is 5.82 Å². The lowest BCUT2D eigenvalue weighted by molar-refractivity contribution is 0.294. The van der Waals surface area contributed by atoms with Crippen molar-refractivity contribution < 1.29 is 4.39 Å². The second kappa shape index (κ2) is 8.05. The average molecular weight is 430 g/mol. The summed E-state index contributed by atoms with van der Waals surface area (Å²) in [5, 5.41) is 21.4. The van der Waals surface area contributed by atoms with E-state index in [4.69, 9.17) is 0 Å². The van der Waals surface area contributed by atoms with Crippen molar-refractivity contribution in [2.75, 3.05) is 11.9 Å². The standard InChI is InChI=1S/C23H23FN8/c1-14-10-17(6-8-26-14)32-13-20(15(2)30-32)28-23-27-12-19(24)22(29-23)31-9-7-18-16(11-25)4-3-5-21(18)31/h3-5,7,9,12-14,17,26H,6,8,10H2,1-2H3,(H,27,28,29). The third kappa shape index (κ3) is 3.59. The van der Waals surface area contributed by atoms with Crippen LogP contribution >= 0.6 is 0 Å². The zero-order valence-electron chi connectivity index (χ0n) is 17.9. The van der Waals surface area contributed by atoms with Gasteiger partial charge in [-0.3, -0.25) is 9.25 Å². The molecule has 1 saturated heterocycles. The minimum atomic E-state index is -0.550. The first kappa shape index (κ1) is 20.2. The Hall–Kier alpha value is -3.77. The molecule has 1 aromatic carbocycles. The first-order valence-electron chi connectivity index (χ1n) is 10.6. The monoisotopic (exact) mass is 430 g/mol. The van der Waals surface area contributed by atoms with Gasteiger partial charge in [0.25, 0.3) is 0 Å². The molecule has 5 rings (SSSR count). The lowest BCUT2D eigenvalue weighted by Gasteiger charge is -2.28. The van der Waals surface area contributed by atoms with Crippen molar-refractivity contribution in [3.05, 3.63) is 59.9 Å². The molecule has 4 aromatic rings. The first-order chi connectivity index (χ1) is 15.5. The minimum absolute atomic E-state index is 0.116. The predicted octanol–water partition coefficient (Wildman–Crippen LogP) is 3.99. The number of nitriles is 1. The van der Waals surface area contributed by atoms with Crippen LogP contribution in [0.25, 0.3) is 16.7 Å². The Morgan fingerprint density at radius 1 is 1.31 bits per heavy atom. The molecule has 0 radical (unpaired) electrons. The van der Waals surface area contributed by atoms with Crippen LogP contribution in [0.5, 0.6) is 0 Å². The molecular weight excluding hydrogens is 407 g/mol. The number of benzene rings is 1. The molecule has 2 unspecified atom stereocenters. The fourth-order valence-corrected chi connectivity index (χ4v) is 4.29. The van der Waals surface area contributed by atoms with E-state index in [0.29, 0.717) is 23.2 Å². The predicted molar refractivity (Wildman–Crippen MR) is 120 cm³/mol. The largest absolute Gasteiger partial charge is 0.321 e. The molecule has 0 bridgehead atoms. The summed E-state index contributed by atoms with van der Waals surface area (Å²) in [5.41, 5.74) is 2.86. The molecule has 9 heteroatoms. The van der Waals surface area contributed by atoms with E-state index in [9.17, 15) is 9.65 Å². The van der Waals surface area contributed by atoms with Crippen molar-refractivity contribution in [2.24, 2.45) is 0 Å². The van der Waals surface area contributed by atoms with Crippen molar-refractivity contribution in [1.29, 1.82) is 5.26 Å². The Morgan fingerprint density at radius 2 is 2.19 bits per heavy atom. The number of halogens is 1. The van der Waals surface area contributed by atoms with Gasteiger partial charge in [-0.2, -0.15) is 15.3 Å². The molecular formula is C23H23FN8. The van der Waals surface area contributed by atoms with Gasteiger partial charge in [-0.1, -0.05) is 6.07 Å². The van der Waals surface area contributed by atoms with Crippen LogP contribution in [-0.4, -0.2) is 36.9 Å². The van der Waals surface area contributed by atoms with Crippen molar-refractivity contribution in [1.82, 2.24) is 29.6 Å². The molecule has 2 N–H and O–H groups in total. The van der Waals surface area contributed by atoms with Gasteiger partial charge >= 0.3 is 0 Å². The quantitative estimate of drug-likeness (QED) is 0.508. The molecule has 0 spiro atoms. The van der Waals surface area contributed by atoms with Gasteiger partial charge in [0.05, 0.1) is 40.8 Å². The van der Waals surface area contributed by atoms with Crippen molar-refractivity contribution in [3.63, 3.8) is 0 Å². The molecule has 1 fully saturated rings. The number of rotatable bonds is 4. The summed E-state index contributed by atoms with van der Waals surface area (Å²) in [5.74, 6) is -0.155. The van der Waals surface area contributed by atoms with Crippen LogP contribution in [0.4, 0.5) is 16.0 Å². The number of aromatic nitrogens is 5. The van der Waals surface area contributed by atoms with Gasteiger partial charge in [-0.15, -0.1) is 0 Å². The van der Waals surface area contributed by atoms with Gasteiger partial charge in [0.2, 0.25) is 5.95 Å².